The van der Waals surface area contributed by atoms with Gasteiger partial charge in [-0.05, 0) is 54.0 Å². The van der Waals surface area contributed by atoms with Crippen LogP contribution in [0.4, 0.5) is 0 Å². The van der Waals surface area contributed by atoms with Crippen molar-refractivity contribution in [1.82, 2.24) is 0 Å². The lowest BCUT2D eigenvalue weighted by atomic mass is 10.0. The minimum atomic E-state index is -0.491. The number of hydrogen-bond donors (Lipinski definition) is 0. The Labute approximate surface area is 162 Å². The molecule has 1 unspecified atom stereocenters. The number of nitrogens with zero attached hydrogens (tertiary/aromatic N) is 1. The summed E-state index contributed by atoms with van der Waals surface area (Å²) in [6, 6.07) is 9.89. The number of esters is 1. The molecule has 1 aromatic rings. The third-order valence-electron chi connectivity index (χ3n) is 5.10. The molecule has 0 fully saturated rings. The smallest absolute Gasteiger partial charge is 0.349 e. The first-order chi connectivity index (χ1) is 13.1. The lowest BCUT2D eigenvalue weighted by Gasteiger charge is -2.14. The number of carbonyl (C=O) groups excluding carboxylic acids is 1. The van der Waals surface area contributed by atoms with Crippen LogP contribution in [0.5, 0.6) is 5.75 Å². The number of nitriles is 1. The van der Waals surface area contributed by atoms with Crippen molar-refractivity contribution >= 4 is 11.5 Å². The molecule has 1 aliphatic carbocycles. The fourth-order valence-corrected chi connectivity index (χ4v) is 3.27. The van der Waals surface area contributed by atoms with Crippen molar-refractivity contribution in [3.8, 4) is 11.8 Å². The van der Waals surface area contributed by atoms with Gasteiger partial charge in [0.1, 0.15) is 17.4 Å². The largest absolute Gasteiger partial charge is 0.497 e. The van der Waals surface area contributed by atoms with E-state index < -0.39 is 5.97 Å². The predicted molar refractivity (Wildman–Crippen MR) is 107 cm³/mol. The highest BCUT2D eigenvalue weighted by Crippen LogP contribution is 2.33. The number of unbranched alkanes of at least 4 members (excludes halogenated alkanes) is 1. The second-order valence-electron chi connectivity index (χ2n) is 6.93. The summed E-state index contributed by atoms with van der Waals surface area (Å²) in [5.41, 5.74) is 3.13. The van der Waals surface area contributed by atoms with Crippen LogP contribution in [0.2, 0.25) is 0 Å². The SMILES string of the molecule is CCCCC(CC)COC(=O)C(C#N)=C1C=C(c2ccc(OC)cc2)CC1. The summed E-state index contributed by atoms with van der Waals surface area (Å²) in [5, 5.41) is 9.49. The summed E-state index contributed by atoms with van der Waals surface area (Å²) in [6.07, 6.45) is 7.76. The number of allylic oxidation sites excluding steroid dienone is 3. The average molecular weight is 367 g/mol. The second kappa shape index (κ2) is 10.6. The van der Waals surface area contributed by atoms with Gasteiger partial charge in [0.05, 0.1) is 13.7 Å². The van der Waals surface area contributed by atoms with Crippen LogP contribution in [0.1, 0.15) is 57.9 Å². The van der Waals surface area contributed by atoms with Crippen LogP contribution < -0.4 is 4.74 Å². The van der Waals surface area contributed by atoms with Crippen molar-refractivity contribution in [3.63, 3.8) is 0 Å². The van der Waals surface area contributed by atoms with E-state index in [1.807, 2.05) is 30.3 Å². The van der Waals surface area contributed by atoms with Gasteiger partial charge in [0.15, 0.2) is 0 Å². The molecular formula is C23H29NO3. The fourth-order valence-electron chi connectivity index (χ4n) is 3.27. The van der Waals surface area contributed by atoms with Crippen molar-refractivity contribution in [2.75, 3.05) is 13.7 Å². The standard InChI is InChI=1S/C23H29NO3/c1-4-6-7-17(5-2)16-27-23(25)22(15-24)20-9-8-19(14-20)18-10-12-21(26-3)13-11-18/h10-14,17H,4-9,16H2,1-3H3. The maximum Gasteiger partial charge on any atom is 0.349 e. The van der Waals surface area contributed by atoms with E-state index in [1.54, 1.807) is 7.11 Å². The minimum Gasteiger partial charge on any atom is -0.497 e. The lowest BCUT2D eigenvalue weighted by molar-refractivity contribution is -0.140. The molecule has 0 heterocycles. The van der Waals surface area contributed by atoms with E-state index in [9.17, 15) is 10.1 Å². The van der Waals surface area contributed by atoms with Crippen molar-refractivity contribution in [2.45, 2.75) is 52.4 Å². The molecule has 2 rings (SSSR count). The predicted octanol–water partition coefficient (Wildman–Crippen LogP) is 5.45. The van der Waals surface area contributed by atoms with Crippen LogP contribution in [0.15, 0.2) is 41.5 Å². The Kier molecular flexibility index (Phi) is 8.13. The number of hydrogen-bond acceptors (Lipinski definition) is 4. The summed E-state index contributed by atoms with van der Waals surface area (Å²) >= 11 is 0. The zero-order valence-corrected chi connectivity index (χ0v) is 16.6. The molecule has 27 heavy (non-hydrogen) atoms. The Hall–Kier alpha value is -2.54. The Morgan fingerprint density at radius 2 is 1.96 bits per heavy atom. The van der Waals surface area contributed by atoms with Gasteiger partial charge in [-0.3, -0.25) is 0 Å². The molecule has 0 saturated heterocycles. The minimum absolute atomic E-state index is 0.142. The number of rotatable bonds is 9. The van der Waals surface area contributed by atoms with Crippen LogP contribution in [-0.2, 0) is 9.53 Å². The van der Waals surface area contributed by atoms with Crippen LogP contribution >= 0.6 is 0 Å². The molecule has 0 aliphatic heterocycles. The van der Waals surface area contributed by atoms with E-state index in [0.717, 1.165) is 54.6 Å². The first-order valence-corrected chi connectivity index (χ1v) is 9.78. The van der Waals surface area contributed by atoms with Crippen LogP contribution in [0, 0.1) is 17.2 Å². The third-order valence-corrected chi connectivity index (χ3v) is 5.10. The van der Waals surface area contributed by atoms with E-state index in [1.165, 1.54) is 0 Å². The van der Waals surface area contributed by atoms with E-state index >= 15 is 0 Å². The number of carbonyl (C=O) groups is 1. The van der Waals surface area contributed by atoms with Crippen LogP contribution in [0.3, 0.4) is 0 Å². The molecule has 1 aromatic carbocycles. The highest BCUT2D eigenvalue weighted by molar-refractivity contribution is 5.95. The second-order valence-corrected chi connectivity index (χ2v) is 6.93. The van der Waals surface area contributed by atoms with Gasteiger partial charge in [0.2, 0.25) is 0 Å². The summed E-state index contributed by atoms with van der Waals surface area (Å²) < 4.78 is 10.7. The molecule has 4 heteroatoms. The first-order valence-electron chi connectivity index (χ1n) is 9.78. The molecule has 0 amide bonds. The third kappa shape index (κ3) is 5.72. The zero-order valence-electron chi connectivity index (χ0n) is 16.6. The van der Waals surface area contributed by atoms with Gasteiger partial charge in [-0.1, -0.05) is 51.3 Å². The van der Waals surface area contributed by atoms with Gasteiger partial charge >= 0.3 is 5.97 Å². The molecular weight excluding hydrogens is 338 g/mol. The van der Waals surface area contributed by atoms with Crippen molar-refractivity contribution in [1.29, 1.82) is 5.26 Å². The summed E-state index contributed by atoms with van der Waals surface area (Å²) in [5.74, 6) is 0.686. The topological polar surface area (TPSA) is 59.3 Å². The lowest BCUT2D eigenvalue weighted by Crippen LogP contribution is -2.15. The molecule has 4 nitrogen and oxygen atoms in total. The summed E-state index contributed by atoms with van der Waals surface area (Å²) in [4.78, 5) is 12.4. The van der Waals surface area contributed by atoms with Gasteiger partial charge in [0, 0.05) is 0 Å². The normalized spacial score (nSPS) is 16.3. The highest BCUT2D eigenvalue weighted by atomic mass is 16.5. The average Bonchev–Trinajstić information content (AvgIpc) is 3.18. The molecule has 0 N–H and O–H groups in total. The van der Waals surface area contributed by atoms with E-state index in [-0.39, 0.29) is 5.57 Å². The maximum atomic E-state index is 12.4. The quantitative estimate of drug-likeness (QED) is 0.331. The van der Waals surface area contributed by atoms with E-state index in [2.05, 4.69) is 19.9 Å². The maximum absolute atomic E-state index is 12.4. The Balaban J connectivity index is 2.08. The zero-order chi connectivity index (χ0) is 19.6. The van der Waals surface area contributed by atoms with Gasteiger partial charge in [-0.2, -0.15) is 5.26 Å². The fraction of sp³-hybridized carbons (Fsp3) is 0.478. The molecule has 0 radical (unpaired) electrons. The Morgan fingerprint density at radius 3 is 2.56 bits per heavy atom. The molecule has 144 valence electrons. The van der Waals surface area contributed by atoms with Gasteiger partial charge < -0.3 is 9.47 Å². The molecule has 0 bridgehead atoms. The Bertz CT molecular complexity index is 738. The number of methoxy groups -OCH3 is 1. The summed E-state index contributed by atoms with van der Waals surface area (Å²) in [6.45, 7) is 4.66. The van der Waals surface area contributed by atoms with Crippen molar-refractivity contribution in [2.24, 2.45) is 5.92 Å². The molecule has 0 saturated carbocycles. The highest BCUT2D eigenvalue weighted by Gasteiger charge is 2.21. The van der Waals surface area contributed by atoms with E-state index in [0.29, 0.717) is 18.9 Å². The Morgan fingerprint density at radius 1 is 1.22 bits per heavy atom. The molecule has 0 spiro atoms. The number of benzene rings is 1. The van der Waals surface area contributed by atoms with Crippen LogP contribution in [-0.4, -0.2) is 19.7 Å². The monoisotopic (exact) mass is 367 g/mol. The summed E-state index contributed by atoms with van der Waals surface area (Å²) in [7, 11) is 1.64. The van der Waals surface area contributed by atoms with Gasteiger partial charge in [-0.15, -0.1) is 0 Å². The first kappa shape index (κ1) is 20.8. The molecule has 1 atom stereocenters. The van der Waals surface area contributed by atoms with Gasteiger partial charge in [-0.25, -0.2) is 4.79 Å². The van der Waals surface area contributed by atoms with Gasteiger partial charge in [0.25, 0.3) is 0 Å². The van der Waals surface area contributed by atoms with Crippen molar-refractivity contribution < 1.29 is 14.3 Å². The molecule has 1 aliphatic rings. The van der Waals surface area contributed by atoms with Crippen LogP contribution in [0.25, 0.3) is 5.57 Å². The number of ether oxygens (including phenoxy) is 2. The van der Waals surface area contributed by atoms with Crippen molar-refractivity contribution in [3.05, 3.63) is 47.1 Å². The van der Waals surface area contributed by atoms with E-state index in [4.69, 9.17) is 9.47 Å². The molecule has 0 aromatic heterocycles.